The Bertz CT molecular complexity index is 391. The lowest BCUT2D eigenvalue weighted by atomic mass is 10.1. The van der Waals surface area contributed by atoms with Crippen molar-refractivity contribution in [3.05, 3.63) is 11.1 Å². The zero-order valence-electron chi connectivity index (χ0n) is 11.4. The topological polar surface area (TPSA) is 49.9 Å². The number of likely N-dealkylation sites (N-methyl/N-ethyl adjacent to an activating group) is 1. The number of nitrogens with zero attached hydrogens (tertiary/aromatic N) is 2. The highest BCUT2D eigenvalue weighted by molar-refractivity contribution is 8.04. The highest BCUT2D eigenvalue weighted by Gasteiger charge is 2.39. The van der Waals surface area contributed by atoms with Gasteiger partial charge in [0, 0.05) is 7.05 Å². The predicted octanol–water partition coefficient (Wildman–Crippen LogP) is 1.41. The molecule has 0 aromatic heterocycles. The second-order valence-corrected chi connectivity index (χ2v) is 5.80. The van der Waals surface area contributed by atoms with Crippen molar-refractivity contribution in [1.82, 2.24) is 9.80 Å². The summed E-state index contributed by atoms with van der Waals surface area (Å²) < 4.78 is 4.89. The molecular weight excluding hydrogens is 264 g/mol. The lowest BCUT2D eigenvalue weighted by Gasteiger charge is -2.29. The lowest BCUT2D eigenvalue weighted by molar-refractivity contribution is -0.137. The van der Waals surface area contributed by atoms with E-state index in [1.807, 2.05) is 0 Å². The standard InChI is InChI=1S/C13H20N2O3S/c1-3-18-11(16)9-10-14(2)12(17)13(19-10)15-7-5-4-6-8-15/h9,13H,3-8H2,1-2H3/b10-9+. The van der Waals surface area contributed by atoms with Gasteiger partial charge in [0.05, 0.1) is 17.7 Å². The molecule has 106 valence electrons. The van der Waals surface area contributed by atoms with Crippen molar-refractivity contribution < 1.29 is 14.3 Å². The Kier molecular flexibility index (Phi) is 4.87. The Morgan fingerprint density at radius 3 is 2.74 bits per heavy atom. The van der Waals surface area contributed by atoms with Crippen molar-refractivity contribution in [3.63, 3.8) is 0 Å². The summed E-state index contributed by atoms with van der Waals surface area (Å²) in [6.07, 6.45) is 4.94. The number of thioether (sulfide) groups is 1. The smallest absolute Gasteiger partial charge is 0.333 e. The molecule has 2 saturated heterocycles. The summed E-state index contributed by atoms with van der Waals surface area (Å²) in [4.78, 5) is 27.5. The molecule has 0 N–H and O–H groups in total. The molecule has 0 bridgehead atoms. The van der Waals surface area contributed by atoms with E-state index >= 15 is 0 Å². The third-order valence-corrected chi connectivity index (χ3v) is 4.71. The van der Waals surface area contributed by atoms with Crippen molar-refractivity contribution >= 4 is 23.6 Å². The molecule has 0 aliphatic carbocycles. The van der Waals surface area contributed by atoms with Gasteiger partial charge in [0.25, 0.3) is 5.91 Å². The monoisotopic (exact) mass is 284 g/mol. The van der Waals surface area contributed by atoms with Crippen molar-refractivity contribution in [2.75, 3.05) is 26.7 Å². The van der Waals surface area contributed by atoms with Gasteiger partial charge < -0.3 is 9.64 Å². The van der Waals surface area contributed by atoms with Gasteiger partial charge in [0.2, 0.25) is 0 Å². The summed E-state index contributed by atoms with van der Waals surface area (Å²) in [6, 6.07) is 0. The van der Waals surface area contributed by atoms with E-state index in [2.05, 4.69) is 4.90 Å². The van der Waals surface area contributed by atoms with Crippen LogP contribution in [0.2, 0.25) is 0 Å². The second kappa shape index (κ2) is 6.43. The van der Waals surface area contributed by atoms with Gasteiger partial charge in [-0.15, -0.1) is 0 Å². The average Bonchev–Trinajstić information content (AvgIpc) is 2.68. The van der Waals surface area contributed by atoms with E-state index in [1.165, 1.54) is 24.3 Å². The number of carbonyl (C=O) groups excluding carboxylic acids is 2. The predicted molar refractivity (Wildman–Crippen MR) is 74.3 cm³/mol. The van der Waals surface area contributed by atoms with Crippen LogP contribution in [0.4, 0.5) is 0 Å². The summed E-state index contributed by atoms with van der Waals surface area (Å²) in [6.45, 7) is 4.04. The highest BCUT2D eigenvalue weighted by atomic mass is 32.2. The number of ether oxygens (including phenoxy) is 1. The van der Waals surface area contributed by atoms with Crippen molar-refractivity contribution in [2.45, 2.75) is 31.6 Å². The molecule has 0 aromatic carbocycles. The van der Waals surface area contributed by atoms with Crippen LogP contribution in [0.3, 0.4) is 0 Å². The summed E-state index contributed by atoms with van der Waals surface area (Å²) in [5, 5.41) is 0.505. The van der Waals surface area contributed by atoms with Crippen molar-refractivity contribution in [1.29, 1.82) is 0 Å². The first-order valence-electron chi connectivity index (χ1n) is 6.70. The Labute approximate surface area is 117 Å². The van der Waals surface area contributed by atoms with Crippen LogP contribution >= 0.6 is 11.8 Å². The summed E-state index contributed by atoms with van der Waals surface area (Å²) in [7, 11) is 1.71. The number of hydrogen-bond acceptors (Lipinski definition) is 5. The van der Waals surface area contributed by atoms with Crippen LogP contribution in [0.15, 0.2) is 11.1 Å². The van der Waals surface area contributed by atoms with Crippen LogP contribution in [0.1, 0.15) is 26.2 Å². The Morgan fingerprint density at radius 1 is 1.42 bits per heavy atom. The number of hydrogen-bond donors (Lipinski definition) is 0. The number of likely N-dealkylation sites (tertiary alicyclic amines) is 1. The van der Waals surface area contributed by atoms with Gasteiger partial charge in [0.1, 0.15) is 5.37 Å². The number of amides is 1. The summed E-state index contributed by atoms with van der Waals surface area (Å²) >= 11 is 1.45. The van der Waals surface area contributed by atoms with Gasteiger partial charge in [-0.05, 0) is 32.9 Å². The normalized spacial score (nSPS) is 27.1. The number of rotatable bonds is 3. The largest absolute Gasteiger partial charge is 0.463 e. The summed E-state index contributed by atoms with van der Waals surface area (Å²) in [5.74, 6) is -0.327. The fourth-order valence-electron chi connectivity index (χ4n) is 2.32. The SMILES string of the molecule is CCOC(=O)/C=C1/SC(N2CCCCC2)C(=O)N1C. The molecule has 5 nitrogen and oxygen atoms in total. The Hall–Kier alpha value is -1.01. The lowest BCUT2D eigenvalue weighted by Crippen LogP contribution is -2.42. The molecule has 1 amide bonds. The maximum absolute atomic E-state index is 12.2. The van der Waals surface area contributed by atoms with E-state index in [9.17, 15) is 9.59 Å². The van der Waals surface area contributed by atoms with Gasteiger partial charge in [-0.2, -0.15) is 0 Å². The molecule has 2 heterocycles. The Morgan fingerprint density at radius 2 is 2.11 bits per heavy atom. The third kappa shape index (κ3) is 3.30. The number of esters is 1. The molecule has 2 rings (SSSR count). The quantitative estimate of drug-likeness (QED) is 0.579. The molecule has 0 saturated carbocycles. The first-order valence-corrected chi connectivity index (χ1v) is 7.58. The van der Waals surface area contributed by atoms with Gasteiger partial charge in [-0.3, -0.25) is 9.69 Å². The van der Waals surface area contributed by atoms with E-state index in [-0.39, 0.29) is 17.3 Å². The van der Waals surface area contributed by atoms with E-state index in [0.717, 1.165) is 25.9 Å². The van der Waals surface area contributed by atoms with Gasteiger partial charge in [0.15, 0.2) is 0 Å². The van der Waals surface area contributed by atoms with Gasteiger partial charge in [-0.1, -0.05) is 18.2 Å². The Balaban J connectivity index is 2.05. The van der Waals surface area contributed by atoms with E-state index < -0.39 is 0 Å². The van der Waals surface area contributed by atoms with Crippen LogP contribution in [-0.4, -0.2) is 53.8 Å². The van der Waals surface area contributed by atoms with Crippen LogP contribution < -0.4 is 0 Å². The zero-order chi connectivity index (χ0) is 13.8. The molecule has 2 aliphatic heterocycles. The minimum absolute atomic E-state index is 0.0578. The maximum atomic E-state index is 12.2. The fourth-order valence-corrected chi connectivity index (χ4v) is 3.58. The third-order valence-electron chi connectivity index (χ3n) is 3.36. The fraction of sp³-hybridized carbons (Fsp3) is 0.692. The van der Waals surface area contributed by atoms with Crippen LogP contribution in [0.5, 0.6) is 0 Å². The molecule has 6 heteroatoms. The first-order chi connectivity index (χ1) is 9.13. The van der Waals surface area contributed by atoms with E-state index in [4.69, 9.17) is 4.74 Å². The van der Waals surface area contributed by atoms with Crippen LogP contribution in [-0.2, 0) is 14.3 Å². The second-order valence-electron chi connectivity index (χ2n) is 4.70. The summed E-state index contributed by atoms with van der Waals surface area (Å²) in [5.41, 5.74) is 0. The maximum Gasteiger partial charge on any atom is 0.333 e. The number of piperidine rings is 1. The molecule has 1 unspecified atom stereocenters. The zero-order valence-corrected chi connectivity index (χ0v) is 12.2. The van der Waals surface area contributed by atoms with Crippen LogP contribution in [0.25, 0.3) is 0 Å². The molecule has 1 atom stereocenters. The molecule has 2 fully saturated rings. The molecule has 0 radical (unpaired) electrons. The highest BCUT2D eigenvalue weighted by Crippen LogP contribution is 2.36. The van der Waals surface area contributed by atoms with E-state index in [1.54, 1.807) is 18.9 Å². The molecular formula is C13H20N2O3S. The van der Waals surface area contributed by atoms with Crippen molar-refractivity contribution in [3.8, 4) is 0 Å². The van der Waals surface area contributed by atoms with Gasteiger partial charge in [-0.25, -0.2) is 4.79 Å². The van der Waals surface area contributed by atoms with Gasteiger partial charge >= 0.3 is 5.97 Å². The number of carbonyl (C=O) groups is 2. The molecule has 0 spiro atoms. The minimum Gasteiger partial charge on any atom is -0.463 e. The minimum atomic E-state index is -0.385. The average molecular weight is 284 g/mol. The van der Waals surface area contributed by atoms with Crippen molar-refractivity contribution in [2.24, 2.45) is 0 Å². The van der Waals surface area contributed by atoms with E-state index in [0.29, 0.717) is 11.6 Å². The molecule has 19 heavy (non-hydrogen) atoms. The first kappa shape index (κ1) is 14.4. The molecule has 2 aliphatic rings. The van der Waals surface area contributed by atoms with Crippen LogP contribution in [0, 0.1) is 0 Å². The molecule has 0 aromatic rings.